The molecule has 3 N–H and O–H groups in total. The molecule has 3 atom stereocenters. The molecule has 0 aliphatic rings. The molecule has 0 radical (unpaired) electrons. The predicted molar refractivity (Wildman–Crippen MR) is 236 cm³/mol. The number of nitrogens with one attached hydrogen (secondary N) is 1. The van der Waals surface area contributed by atoms with Crippen LogP contribution in [0.2, 0.25) is 0 Å². The summed E-state index contributed by atoms with van der Waals surface area (Å²) in [6.45, 7) is 6.36. The number of hydrogen-bond acceptors (Lipinski definition) is 5. The van der Waals surface area contributed by atoms with Crippen molar-refractivity contribution >= 4 is 11.9 Å². The van der Waals surface area contributed by atoms with Gasteiger partial charge in [-0.15, -0.1) is 0 Å². The van der Waals surface area contributed by atoms with Gasteiger partial charge in [-0.2, -0.15) is 0 Å². The molecule has 0 heterocycles. The zero-order valence-corrected chi connectivity index (χ0v) is 36.8. The fourth-order valence-corrected chi connectivity index (χ4v) is 7.41. The summed E-state index contributed by atoms with van der Waals surface area (Å²) in [4.78, 5) is 26.0. The third-order valence-corrected chi connectivity index (χ3v) is 11.0. The second-order valence-corrected chi connectivity index (χ2v) is 16.5. The second kappa shape index (κ2) is 43.5. The average molecular weight is 776 g/mol. The van der Waals surface area contributed by atoms with Gasteiger partial charge in [0.15, 0.2) is 0 Å². The minimum atomic E-state index is -0.786. The zero-order valence-electron chi connectivity index (χ0n) is 36.8. The molecule has 55 heavy (non-hydrogen) atoms. The summed E-state index contributed by atoms with van der Waals surface area (Å²) in [6, 6.07) is -0.700. The van der Waals surface area contributed by atoms with Gasteiger partial charge in [0.25, 0.3) is 0 Å². The van der Waals surface area contributed by atoms with Gasteiger partial charge < -0.3 is 20.3 Å². The van der Waals surface area contributed by atoms with E-state index in [1.807, 2.05) is 0 Å². The van der Waals surface area contributed by atoms with Crippen LogP contribution in [0.15, 0.2) is 24.3 Å². The molecule has 1 amide bonds. The number of allylic oxidation sites excluding steroid dienone is 4. The Hall–Kier alpha value is -1.66. The van der Waals surface area contributed by atoms with Gasteiger partial charge in [-0.05, 0) is 51.4 Å². The Labute approximate surface area is 341 Å². The summed E-state index contributed by atoms with van der Waals surface area (Å²) in [5.41, 5.74) is 0. The lowest BCUT2D eigenvalue weighted by molar-refractivity contribution is -0.151. The van der Waals surface area contributed by atoms with Crippen LogP contribution in [0, 0.1) is 0 Å². The molecule has 0 saturated heterocycles. The zero-order chi connectivity index (χ0) is 40.3. The number of ether oxygens (including phenoxy) is 1. The monoisotopic (exact) mass is 776 g/mol. The number of carbonyl (C=O) groups excluding carboxylic acids is 2. The van der Waals surface area contributed by atoms with E-state index in [2.05, 4.69) is 50.4 Å². The average Bonchev–Trinajstić information content (AvgIpc) is 3.18. The van der Waals surface area contributed by atoms with Crippen molar-refractivity contribution in [1.82, 2.24) is 5.32 Å². The Morgan fingerprint density at radius 3 is 1.47 bits per heavy atom. The third-order valence-electron chi connectivity index (χ3n) is 11.0. The molecular weight excluding hydrogens is 683 g/mol. The van der Waals surface area contributed by atoms with Gasteiger partial charge in [-0.1, -0.05) is 212 Å². The molecule has 0 saturated carbocycles. The van der Waals surface area contributed by atoms with Crippen LogP contribution in [0.1, 0.15) is 252 Å². The van der Waals surface area contributed by atoms with Crippen LogP contribution in [0.3, 0.4) is 0 Å². The number of hydrogen-bond donors (Lipinski definition) is 3. The molecular formula is C49H93NO5. The summed E-state index contributed by atoms with van der Waals surface area (Å²) >= 11 is 0. The van der Waals surface area contributed by atoms with Gasteiger partial charge >= 0.3 is 5.97 Å². The van der Waals surface area contributed by atoms with Crippen LogP contribution >= 0.6 is 0 Å². The predicted octanol–water partition coefficient (Wildman–Crippen LogP) is 14.0. The van der Waals surface area contributed by atoms with Crippen LogP contribution in [-0.4, -0.2) is 46.9 Å². The lowest BCUT2D eigenvalue weighted by atomic mass is 10.0. The minimum Gasteiger partial charge on any atom is -0.462 e. The topological polar surface area (TPSA) is 95.9 Å². The highest BCUT2D eigenvalue weighted by molar-refractivity contribution is 5.77. The Morgan fingerprint density at radius 1 is 0.545 bits per heavy atom. The maximum absolute atomic E-state index is 13.1. The molecule has 0 bridgehead atoms. The van der Waals surface area contributed by atoms with Crippen molar-refractivity contribution in [2.45, 2.75) is 270 Å². The van der Waals surface area contributed by atoms with E-state index in [-0.39, 0.29) is 24.9 Å². The maximum Gasteiger partial charge on any atom is 0.306 e. The molecule has 6 heteroatoms. The fraction of sp³-hybridized carbons (Fsp3) is 0.878. The van der Waals surface area contributed by atoms with E-state index in [1.54, 1.807) is 0 Å². The minimum absolute atomic E-state index is 0.0725. The van der Waals surface area contributed by atoms with Crippen LogP contribution in [0.5, 0.6) is 0 Å². The largest absolute Gasteiger partial charge is 0.462 e. The van der Waals surface area contributed by atoms with Crippen LogP contribution < -0.4 is 5.32 Å². The van der Waals surface area contributed by atoms with Gasteiger partial charge in [0.2, 0.25) is 5.91 Å². The number of aliphatic hydroxyl groups is 2. The van der Waals surface area contributed by atoms with Crippen LogP contribution in [-0.2, 0) is 14.3 Å². The Balaban J connectivity index is 4.53. The SMILES string of the molecule is CC/C=C/C/C=C/CCCCCCCC(CC(=O)NC(CO)C(O)CCCCCCCCCCCCCCCC)OC(=O)CCCCCCCCCCCC. The highest BCUT2D eigenvalue weighted by Gasteiger charge is 2.24. The summed E-state index contributed by atoms with van der Waals surface area (Å²) in [5.74, 6) is -0.481. The number of unbranched alkanes of at least 4 members (excludes halogenated alkanes) is 27. The summed E-state index contributed by atoms with van der Waals surface area (Å²) in [5, 5.41) is 23.7. The first-order chi connectivity index (χ1) is 27.0. The van der Waals surface area contributed by atoms with Crippen molar-refractivity contribution in [3.63, 3.8) is 0 Å². The van der Waals surface area contributed by atoms with Crippen molar-refractivity contribution in [3.05, 3.63) is 24.3 Å². The summed E-state index contributed by atoms with van der Waals surface area (Å²) in [6.07, 6.45) is 48.1. The molecule has 3 unspecified atom stereocenters. The van der Waals surface area contributed by atoms with Crippen LogP contribution in [0.25, 0.3) is 0 Å². The lowest BCUT2D eigenvalue weighted by Crippen LogP contribution is -2.46. The first kappa shape index (κ1) is 53.3. The molecule has 0 aliphatic heterocycles. The molecule has 0 aromatic carbocycles. The van der Waals surface area contributed by atoms with E-state index in [0.717, 1.165) is 70.6 Å². The molecule has 6 nitrogen and oxygen atoms in total. The fourth-order valence-electron chi connectivity index (χ4n) is 7.41. The van der Waals surface area contributed by atoms with Crippen molar-refractivity contribution in [2.24, 2.45) is 0 Å². The molecule has 0 aliphatic carbocycles. The van der Waals surface area contributed by atoms with E-state index in [9.17, 15) is 19.8 Å². The molecule has 324 valence electrons. The Kier molecular flexibility index (Phi) is 42.2. The van der Waals surface area contributed by atoms with Crippen molar-refractivity contribution in [2.75, 3.05) is 6.61 Å². The summed E-state index contributed by atoms with van der Waals surface area (Å²) in [7, 11) is 0. The van der Waals surface area contributed by atoms with E-state index >= 15 is 0 Å². The first-order valence-electron chi connectivity index (χ1n) is 24.1. The van der Waals surface area contributed by atoms with Crippen LogP contribution in [0.4, 0.5) is 0 Å². The number of rotatable bonds is 43. The van der Waals surface area contributed by atoms with E-state index in [0.29, 0.717) is 19.3 Å². The normalized spacial score (nSPS) is 13.5. The first-order valence-corrected chi connectivity index (χ1v) is 24.1. The molecule has 0 spiro atoms. The number of esters is 1. The van der Waals surface area contributed by atoms with Gasteiger partial charge in [-0.3, -0.25) is 9.59 Å². The van der Waals surface area contributed by atoms with E-state index in [1.165, 1.54) is 135 Å². The van der Waals surface area contributed by atoms with Gasteiger partial charge in [0.05, 0.1) is 25.2 Å². The second-order valence-electron chi connectivity index (χ2n) is 16.5. The van der Waals surface area contributed by atoms with Crippen molar-refractivity contribution in [1.29, 1.82) is 0 Å². The molecule has 0 rings (SSSR count). The highest BCUT2D eigenvalue weighted by Crippen LogP contribution is 2.18. The number of amides is 1. The van der Waals surface area contributed by atoms with Gasteiger partial charge in [0, 0.05) is 6.42 Å². The number of carbonyl (C=O) groups is 2. The highest BCUT2D eigenvalue weighted by atomic mass is 16.5. The molecule has 0 aromatic heterocycles. The lowest BCUT2D eigenvalue weighted by Gasteiger charge is -2.24. The Morgan fingerprint density at radius 2 is 0.982 bits per heavy atom. The van der Waals surface area contributed by atoms with Gasteiger partial charge in [-0.25, -0.2) is 0 Å². The quantitative estimate of drug-likeness (QED) is 0.0326. The van der Waals surface area contributed by atoms with Gasteiger partial charge in [0.1, 0.15) is 6.10 Å². The van der Waals surface area contributed by atoms with E-state index in [4.69, 9.17) is 4.74 Å². The maximum atomic E-state index is 13.1. The summed E-state index contributed by atoms with van der Waals surface area (Å²) < 4.78 is 5.90. The Bertz CT molecular complexity index is 873. The third kappa shape index (κ3) is 39.0. The number of aliphatic hydroxyl groups excluding tert-OH is 2. The van der Waals surface area contributed by atoms with Crippen molar-refractivity contribution in [3.8, 4) is 0 Å². The van der Waals surface area contributed by atoms with E-state index < -0.39 is 18.2 Å². The molecule has 0 fully saturated rings. The van der Waals surface area contributed by atoms with Crippen molar-refractivity contribution < 1.29 is 24.5 Å². The smallest absolute Gasteiger partial charge is 0.306 e. The molecule has 0 aromatic rings. The standard InChI is InChI=1S/C49H93NO5/c1-4-7-10-13-16-19-22-24-25-27-29-32-35-38-41-47(52)46(44-51)50-48(53)43-45(40-37-34-31-28-26-23-20-17-14-11-8-5-2)55-49(54)42-39-36-33-30-21-18-15-12-9-6-3/h8,11,17,20,45-47,51-52H,4-7,9-10,12-16,18-19,21-44H2,1-3H3,(H,50,53)/b11-8+,20-17+.